The number of anilines is 1. The minimum absolute atomic E-state index is 0.0823. The predicted octanol–water partition coefficient (Wildman–Crippen LogP) is 3.45. The molecule has 4 nitrogen and oxygen atoms in total. The first-order valence-electron chi connectivity index (χ1n) is 9.42. The van der Waals surface area contributed by atoms with Gasteiger partial charge in [0, 0.05) is 38.4 Å². The highest BCUT2D eigenvalue weighted by Gasteiger charge is 2.26. The van der Waals surface area contributed by atoms with Crippen LogP contribution in [0.4, 0.5) is 5.69 Å². The topological polar surface area (TPSA) is 35.6 Å². The molecule has 1 aliphatic heterocycles. The number of hydrogen-bond donors (Lipinski definition) is 1. The molecule has 1 aliphatic rings. The summed E-state index contributed by atoms with van der Waals surface area (Å²) in [7, 11) is 0. The number of para-hydroxylation sites is 1. The Balaban J connectivity index is 1.53. The van der Waals surface area contributed by atoms with Gasteiger partial charge in [-0.3, -0.25) is 14.6 Å². The van der Waals surface area contributed by atoms with Crippen molar-refractivity contribution in [3.8, 4) is 0 Å². The molecule has 138 valence electrons. The summed E-state index contributed by atoms with van der Waals surface area (Å²) < 4.78 is 0. The Kier molecular flexibility index (Phi) is 6.07. The van der Waals surface area contributed by atoms with E-state index < -0.39 is 0 Å². The fraction of sp³-hybridized carbons (Fsp3) is 0.409. The highest BCUT2D eigenvalue weighted by Crippen LogP contribution is 2.20. The second kappa shape index (κ2) is 8.47. The van der Waals surface area contributed by atoms with E-state index in [9.17, 15) is 4.79 Å². The molecule has 26 heavy (non-hydrogen) atoms. The Hall–Kier alpha value is -2.17. The van der Waals surface area contributed by atoms with Gasteiger partial charge in [0.1, 0.15) is 0 Å². The highest BCUT2D eigenvalue weighted by atomic mass is 16.2. The van der Waals surface area contributed by atoms with E-state index in [2.05, 4.69) is 45.4 Å². The van der Waals surface area contributed by atoms with Crippen molar-refractivity contribution in [2.45, 2.75) is 33.4 Å². The molecule has 3 rings (SSSR count). The smallest absolute Gasteiger partial charge is 0.241 e. The number of nitrogens with zero attached hydrogens (tertiary/aromatic N) is 2. The predicted molar refractivity (Wildman–Crippen MR) is 107 cm³/mol. The van der Waals surface area contributed by atoms with Crippen LogP contribution < -0.4 is 5.32 Å². The number of amides is 1. The first-order chi connectivity index (χ1) is 12.5. The number of aryl methyl sites for hydroxylation is 2. The van der Waals surface area contributed by atoms with Crippen molar-refractivity contribution in [3.05, 3.63) is 65.2 Å². The van der Waals surface area contributed by atoms with E-state index in [1.54, 1.807) is 0 Å². The molecule has 0 aromatic heterocycles. The van der Waals surface area contributed by atoms with Crippen LogP contribution in [0, 0.1) is 13.8 Å². The number of carbonyl (C=O) groups excluding carboxylic acids is 1. The molecule has 4 heteroatoms. The molecule has 1 amide bonds. The lowest BCUT2D eigenvalue weighted by Crippen LogP contribution is -2.52. The maximum absolute atomic E-state index is 12.7. The van der Waals surface area contributed by atoms with Gasteiger partial charge in [-0.15, -0.1) is 0 Å². The number of benzene rings is 2. The molecule has 1 fully saturated rings. The molecule has 0 aliphatic carbocycles. The molecule has 1 N–H and O–H groups in total. The summed E-state index contributed by atoms with van der Waals surface area (Å²) in [5.41, 5.74) is 4.52. The van der Waals surface area contributed by atoms with Gasteiger partial charge in [0.05, 0.1) is 6.04 Å². The van der Waals surface area contributed by atoms with E-state index in [-0.39, 0.29) is 11.9 Å². The van der Waals surface area contributed by atoms with Gasteiger partial charge in [-0.2, -0.15) is 0 Å². The Morgan fingerprint density at radius 1 is 0.962 bits per heavy atom. The summed E-state index contributed by atoms with van der Waals surface area (Å²) in [4.78, 5) is 17.5. The van der Waals surface area contributed by atoms with Crippen LogP contribution in [0.25, 0.3) is 0 Å². The fourth-order valence-electron chi connectivity index (χ4n) is 3.56. The molecule has 0 radical (unpaired) electrons. The van der Waals surface area contributed by atoms with Crippen LogP contribution >= 0.6 is 0 Å². The summed E-state index contributed by atoms with van der Waals surface area (Å²) in [6.45, 7) is 10.9. The number of hydrogen-bond acceptors (Lipinski definition) is 3. The highest BCUT2D eigenvalue weighted by molar-refractivity contribution is 5.95. The SMILES string of the molecule is Cc1cccc(C)c1NC(=O)[C@@H](C)N1CCN(Cc2ccccc2)CC1. The van der Waals surface area contributed by atoms with E-state index in [0.29, 0.717) is 0 Å². The molecular formula is C22H29N3O. The van der Waals surface area contributed by atoms with Crippen molar-refractivity contribution in [2.75, 3.05) is 31.5 Å². The monoisotopic (exact) mass is 351 g/mol. The van der Waals surface area contributed by atoms with Crippen molar-refractivity contribution in [2.24, 2.45) is 0 Å². The zero-order valence-electron chi connectivity index (χ0n) is 16.0. The third-order valence-electron chi connectivity index (χ3n) is 5.31. The van der Waals surface area contributed by atoms with Crippen LogP contribution in [0.2, 0.25) is 0 Å². The van der Waals surface area contributed by atoms with Crippen molar-refractivity contribution in [1.29, 1.82) is 0 Å². The van der Waals surface area contributed by atoms with Crippen LogP contribution in [-0.4, -0.2) is 47.9 Å². The Bertz CT molecular complexity index is 716. The van der Waals surface area contributed by atoms with Crippen LogP contribution in [-0.2, 0) is 11.3 Å². The van der Waals surface area contributed by atoms with E-state index in [0.717, 1.165) is 49.5 Å². The zero-order valence-corrected chi connectivity index (χ0v) is 16.0. The van der Waals surface area contributed by atoms with Crippen LogP contribution in [0.5, 0.6) is 0 Å². The maximum Gasteiger partial charge on any atom is 0.241 e. The van der Waals surface area contributed by atoms with Gasteiger partial charge in [-0.05, 0) is 37.5 Å². The summed E-state index contributed by atoms with van der Waals surface area (Å²) >= 11 is 0. The number of carbonyl (C=O) groups is 1. The molecule has 0 bridgehead atoms. The molecule has 0 unspecified atom stereocenters. The second-order valence-corrected chi connectivity index (χ2v) is 7.23. The first-order valence-corrected chi connectivity index (χ1v) is 9.42. The second-order valence-electron chi connectivity index (χ2n) is 7.23. The van der Waals surface area contributed by atoms with E-state index in [1.165, 1.54) is 5.56 Å². The molecule has 1 heterocycles. The van der Waals surface area contributed by atoms with Crippen molar-refractivity contribution >= 4 is 11.6 Å². The fourth-order valence-corrected chi connectivity index (χ4v) is 3.56. The lowest BCUT2D eigenvalue weighted by Gasteiger charge is -2.37. The van der Waals surface area contributed by atoms with Crippen molar-refractivity contribution in [1.82, 2.24) is 9.80 Å². The van der Waals surface area contributed by atoms with E-state index >= 15 is 0 Å². The maximum atomic E-state index is 12.7. The lowest BCUT2D eigenvalue weighted by atomic mass is 10.1. The van der Waals surface area contributed by atoms with Crippen LogP contribution in [0.15, 0.2) is 48.5 Å². The van der Waals surface area contributed by atoms with Gasteiger partial charge in [0.25, 0.3) is 0 Å². The molecule has 0 spiro atoms. The van der Waals surface area contributed by atoms with Gasteiger partial charge in [0.2, 0.25) is 5.91 Å². The summed E-state index contributed by atoms with van der Waals surface area (Å²) in [6.07, 6.45) is 0. The Morgan fingerprint density at radius 2 is 1.58 bits per heavy atom. The zero-order chi connectivity index (χ0) is 18.5. The van der Waals surface area contributed by atoms with Crippen molar-refractivity contribution < 1.29 is 4.79 Å². The average Bonchev–Trinajstić information content (AvgIpc) is 2.65. The molecular weight excluding hydrogens is 322 g/mol. The number of piperazine rings is 1. The molecule has 0 saturated carbocycles. The van der Waals surface area contributed by atoms with Gasteiger partial charge >= 0.3 is 0 Å². The third-order valence-corrected chi connectivity index (χ3v) is 5.31. The normalized spacial score (nSPS) is 17.0. The molecule has 1 saturated heterocycles. The minimum Gasteiger partial charge on any atom is -0.324 e. The van der Waals surface area contributed by atoms with Gasteiger partial charge < -0.3 is 5.32 Å². The molecule has 1 atom stereocenters. The largest absolute Gasteiger partial charge is 0.324 e. The third kappa shape index (κ3) is 4.51. The average molecular weight is 351 g/mol. The quantitative estimate of drug-likeness (QED) is 0.896. The number of rotatable bonds is 5. The summed E-state index contributed by atoms with van der Waals surface area (Å²) in [6, 6.07) is 16.6. The lowest BCUT2D eigenvalue weighted by molar-refractivity contribution is -0.121. The Morgan fingerprint density at radius 3 is 2.19 bits per heavy atom. The number of nitrogens with one attached hydrogen (secondary N) is 1. The molecule has 2 aromatic rings. The van der Waals surface area contributed by atoms with Gasteiger partial charge in [-0.25, -0.2) is 0 Å². The molecule has 2 aromatic carbocycles. The minimum atomic E-state index is -0.118. The van der Waals surface area contributed by atoms with Gasteiger partial charge in [-0.1, -0.05) is 48.5 Å². The first kappa shape index (κ1) is 18.6. The van der Waals surface area contributed by atoms with Crippen molar-refractivity contribution in [3.63, 3.8) is 0 Å². The van der Waals surface area contributed by atoms with E-state index in [1.807, 2.05) is 39.0 Å². The summed E-state index contributed by atoms with van der Waals surface area (Å²) in [5, 5.41) is 3.13. The van der Waals surface area contributed by atoms with Crippen LogP contribution in [0.1, 0.15) is 23.6 Å². The summed E-state index contributed by atoms with van der Waals surface area (Å²) in [5.74, 6) is 0.0823. The standard InChI is InChI=1S/C22H29N3O/c1-17-8-7-9-18(2)21(17)23-22(26)19(3)25-14-12-24(13-15-25)16-20-10-5-4-6-11-20/h4-11,19H,12-16H2,1-3H3,(H,23,26)/t19-/m1/s1. The van der Waals surface area contributed by atoms with Gasteiger partial charge in [0.15, 0.2) is 0 Å². The van der Waals surface area contributed by atoms with E-state index in [4.69, 9.17) is 0 Å². The van der Waals surface area contributed by atoms with Crippen LogP contribution in [0.3, 0.4) is 0 Å². The Labute approximate surface area is 156 Å².